The number of carbonyl (C=O) groups excluding carboxylic acids is 2. The van der Waals surface area contributed by atoms with Crippen LogP contribution in [0.15, 0.2) is 53.7 Å². The number of nitrogens with zero attached hydrogens (tertiary/aromatic N) is 2. The number of carbonyl (C=O) groups is 2. The molecule has 2 aromatic rings. The molecule has 0 radical (unpaired) electrons. The molecule has 0 fully saturated rings. The predicted molar refractivity (Wildman–Crippen MR) is 106 cm³/mol. The molecule has 2 aromatic carbocycles. The molecule has 3 rings (SSSR count). The molecule has 0 aromatic heterocycles. The number of rotatable bonds is 4. The molecule has 1 aliphatic rings. The first kappa shape index (κ1) is 18.6. The first-order chi connectivity index (χ1) is 12.8. The van der Waals surface area contributed by atoms with Gasteiger partial charge in [-0.2, -0.15) is 0 Å². The van der Waals surface area contributed by atoms with Gasteiger partial charge < -0.3 is 10.2 Å². The lowest BCUT2D eigenvalue weighted by Gasteiger charge is -2.28. The molecular weight excluding hydrogens is 342 g/mol. The second-order valence-electron chi connectivity index (χ2n) is 7.43. The van der Waals surface area contributed by atoms with Crippen molar-refractivity contribution in [1.82, 2.24) is 0 Å². The van der Waals surface area contributed by atoms with E-state index < -0.39 is 0 Å². The van der Waals surface area contributed by atoms with Crippen LogP contribution in [-0.4, -0.2) is 31.2 Å². The van der Waals surface area contributed by atoms with Crippen LogP contribution in [0.1, 0.15) is 31.9 Å². The molecule has 27 heavy (non-hydrogen) atoms. The molecule has 0 atom stereocenters. The second kappa shape index (κ2) is 7.61. The number of amides is 2. The Morgan fingerprint density at radius 1 is 1.19 bits per heavy atom. The number of oxime groups is 1. The summed E-state index contributed by atoms with van der Waals surface area (Å²) >= 11 is 0. The zero-order chi connectivity index (χ0) is 19.4. The quantitative estimate of drug-likeness (QED) is 0.667. The van der Waals surface area contributed by atoms with Crippen molar-refractivity contribution in [2.75, 3.05) is 23.4 Å². The van der Waals surface area contributed by atoms with E-state index in [0.717, 1.165) is 5.56 Å². The molecule has 0 spiro atoms. The van der Waals surface area contributed by atoms with Crippen LogP contribution in [0, 0.1) is 0 Å². The predicted octanol–water partition coefficient (Wildman–Crippen LogP) is 3.32. The molecule has 1 aliphatic heterocycles. The molecule has 1 heterocycles. The maximum absolute atomic E-state index is 12.4. The summed E-state index contributed by atoms with van der Waals surface area (Å²) < 4.78 is 0. The molecule has 1 N–H and O–H groups in total. The van der Waals surface area contributed by atoms with Crippen molar-refractivity contribution in [3.05, 3.63) is 59.7 Å². The number of hydrogen-bond donors (Lipinski definition) is 1. The minimum absolute atomic E-state index is 0.0306. The zero-order valence-electron chi connectivity index (χ0n) is 15.7. The average molecular weight is 365 g/mol. The van der Waals surface area contributed by atoms with Gasteiger partial charge in [-0.25, -0.2) is 0 Å². The van der Waals surface area contributed by atoms with Crippen molar-refractivity contribution < 1.29 is 14.4 Å². The van der Waals surface area contributed by atoms with Gasteiger partial charge in [-0.3, -0.25) is 14.5 Å². The highest BCUT2D eigenvalue weighted by Gasteiger charge is 2.26. The maximum Gasteiger partial charge on any atom is 0.268 e. The van der Waals surface area contributed by atoms with Gasteiger partial charge in [0.25, 0.3) is 5.91 Å². The van der Waals surface area contributed by atoms with Gasteiger partial charge in [0.15, 0.2) is 6.61 Å². The summed E-state index contributed by atoms with van der Waals surface area (Å²) in [7, 11) is 0. The van der Waals surface area contributed by atoms with Gasteiger partial charge in [-0.15, -0.1) is 0 Å². The van der Waals surface area contributed by atoms with Gasteiger partial charge in [0.2, 0.25) is 5.91 Å². The van der Waals surface area contributed by atoms with Crippen LogP contribution in [0.2, 0.25) is 0 Å². The topological polar surface area (TPSA) is 71.0 Å². The standard InChI is InChI=1S/C21H23N3O3/c1-21(2,3)16-10-8-15(9-11-16)12-22-27-14-20(26)24-13-19(25)23-17-6-4-5-7-18(17)24/h4-12H,13-14H2,1-3H3,(H,23,25)/b22-12+. The van der Waals surface area contributed by atoms with Crippen molar-refractivity contribution in [1.29, 1.82) is 0 Å². The fourth-order valence-electron chi connectivity index (χ4n) is 2.79. The average Bonchev–Trinajstić information content (AvgIpc) is 2.64. The highest BCUT2D eigenvalue weighted by Crippen LogP contribution is 2.28. The molecule has 6 nitrogen and oxygen atoms in total. The monoisotopic (exact) mass is 365 g/mol. The Morgan fingerprint density at radius 3 is 2.59 bits per heavy atom. The third-order valence-electron chi connectivity index (χ3n) is 4.31. The van der Waals surface area contributed by atoms with Gasteiger partial charge in [0, 0.05) is 0 Å². The first-order valence-corrected chi connectivity index (χ1v) is 8.80. The van der Waals surface area contributed by atoms with Gasteiger partial charge >= 0.3 is 0 Å². The maximum atomic E-state index is 12.4. The van der Waals surface area contributed by atoms with Gasteiger partial charge in [0.1, 0.15) is 6.54 Å². The lowest BCUT2D eigenvalue weighted by Crippen LogP contribution is -2.43. The molecule has 2 amide bonds. The fraction of sp³-hybridized carbons (Fsp3) is 0.286. The molecule has 6 heteroatoms. The number of nitrogens with one attached hydrogen (secondary N) is 1. The van der Waals surface area contributed by atoms with E-state index in [1.54, 1.807) is 24.4 Å². The van der Waals surface area contributed by atoms with Crippen LogP contribution >= 0.6 is 0 Å². The van der Waals surface area contributed by atoms with Gasteiger partial charge in [-0.05, 0) is 28.7 Å². The number of anilines is 2. The largest absolute Gasteiger partial charge is 0.386 e. The molecular formula is C21H23N3O3. The summed E-state index contributed by atoms with van der Waals surface area (Å²) in [5, 5.41) is 6.62. The van der Waals surface area contributed by atoms with Crippen molar-refractivity contribution in [3.63, 3.8) is 0 Å². The van der Waals surface area contributed by atoms with E-state index in [9.17, 15) is 9.59 Å². The Balaban J connectivity index is 1.58. The van der Waals surface area contributed by atoms with Crippen molar-refractivity contribution in [2.45, 2.75) is 26.2 Å². The van der Waals surface area contributed by atoms with Crippen molar-refractivity contribution in [3.8, 4) is 0 Å². The van der Waals surface area contributed by atoms with Crippen LogP contribution in [0.25, 0.3) is 0 Å². The minimum Gasteiger partial charge on any atom is -0.386 e. The third kappa shape index (κ3) is 4.53. The summed E-state index contributed by atoms with van der Waals surface area (Å²) in [5.74, 6) is -0.554. The summed E-state index contributed by atoms with van der Waals surface area (Å²) in [6, 6.07) is 15.2. The Hall–Kier alpha value is -3.15. The van der Waals surface area contributed by atoms with Crippen LogP contribution in [0.4, 0.5) is 11.4 Å². The highest BCUT2D eigenvalue weighted by molar-refractivity contribution is 6.10. The molecule has 0 unspecified atom stereocenters. The normalized spacial score (nSPS) is 14.0. The van der Waals surface area contributed by atoms with Gasteiger partial charge in [0.05, 0.1) is 17.6 Å². The van der Waals surface area contributed by atoms with E-state index in [1.807, 2.05) is 18.2 Å². The molecule has 0 aliphatic carbocycles. The molecule has 0 bridgehead atoms. The second-order valence-corrected chi connectivity index (χ2v) is 7.43. The van der Waals surface area contributed by atoms with E-state index in [0.29, 0.717) is 11.4 Å². The van der Waals surface area contributed by atoms with Crippen LogP contribution < -0.4 is 10.2 Å². The highest BCUT2D eigenvalue weighted by atomic mass is 16.6. The molecule has 0 saturated heterocycles. The molecule has 140 valence electrons. The lowest BCUT2D eigenvalue weighted by atomic mass is 9.87. The Morgan fingerprint density at radius 2 is 1.89 bits per heavy atom. The fourth-order valence-corrected chi connectivity index (χ4v) is 2.79. The van der Waals surface area contributed by atoms with E-state index >= 15 is 0 Å². The van der Waals surface area contributed by atoms with Crippen molar-refractivity contribution >= 4 is 29.4 Å². The Bertz CT molecular complexity index is 867. The van der Waals surface area contributed by atoms with Crippen molar-refractivity contribution in [2.24, 2.45) is 5.16 Å². The summed E-state index contributed by atoms with van der Waals surface area (Å²) in [5.41, 5.74) is 3.49. The number of benzene rings is 2. The lowest BCUT2D eigenvalue weighted by molar-refractivity contribution is -0.125. The van der Waals surface area contributed by atoms with E-state index in [2.05, 4.69) is 43.4 Å². The van der Waals surface area contributed by atoms with E-state index in [4.69, 9.17) is 4.84 Å². The number of fused-ring (bicyclic) bond motifs is 1. The van der Waals surface area contributed by atoms with Crippen LogP contribution in [-0.2, 0) is 19.8 Å². The third-order valence-corrected chi connectivity index (χ3v) is 4.31. The van der Waals surface area contributed by atoms with E-state index in [1.165, 1.54) is 10.5 Å². The smallest absolute Gasteiger partial charge is 0.268 e. The SMILES string of the molecule is CC(C)(C)c1ccc(/C=N/OCC(=O)N2CC(=O)Nc3ccccc32)cc1. The number of hydrogen-bond acceptors (Lipinski definition) is 4. The number of para-hydroxylation sites is 2. The first-order valence-electron chi connectivity index (χ1n) is 8.80. The summed E-state index contributed by atoms with van der Waals surface area (Å²) in [6.07, 6.45) is 1.57. The van der Waals surface area contributed by atoms with E-state index in [-0.39, 0.29) is 30.4 Å². The minimum atomic E-state index is -0.322. The Labute approximate surface area is 158 Å². The van der Waals surface area contributed by atoms with Crippen LogP contribution in [0.3, 0.4) is 0 Å². The summed E-state index contributed by atoms with van der Waals surface area (Å²) in [4.78, 5) is 30.7. The van der Waals surface area contributed by atoms with Crippen LogP contribution in [0.5, 0.6) is 0 Å². The Kier molecular flexibility index (Phi) is 5.26. The van der Waals surface area contributed by atoms with Gasteiger partial charge in [-0.1, -0.05) is 62.3 Å². The summed E-state index contributed by atoms with van der Waals surface area (Å²) in [6.45, 7) is 6.20. The zero-order valence-corrected chi connectivity index (χ0v) is 15.7. The molecule has 0 saturated carbocycles.